The largest absolute Gasteiger partial charge is 0.304 e. The summed E-state index contributed by atoms with van der Waals surface area (Å²) in [6, 6.07) is 12.9. The molecule has 2 aromatic carbocycles. The maximum atomic E-state index is 12.9. The Labute approximate surface area is 104 Å². The molecule has 0 aliphatic heterocycles. The van der Waals surface area contributed by atoms with Crippen LogP contribution >= 0.6 is 0 Å². The van der Waals surface area contributed by atoms with Gasteiger partial charge in [-0.15, -0.1) is 0 Å². The zero-order chi connectivity index (χ0) is 12.7. The predicted molar refractivity (Wildman–Crippen MR) is 66.7 cm³/mol. The number of hydrogen-bond acceptors (Lipinski definition) is 2. The maximum absolute atomic E-state index is 12.9. The number of rotatable bonds is 1. The van der Waals surface area contributed by atoms with Crippen LogP contribution in [0.1, 0.15) is 27.4 Å². The summed E-state index contributed by atoms with van der Waals surface area (Å²) >= 11 is 0. The molecule has 18 heavy (non-hydrogen) atoms. The molecule has 2 nitrogen and oxygen atoms in total. The standard InChI is InChI=1S/C15H10FNO/c16-10-7-5-9(6-8-10)13-14(17)11-3-1-2-4-12(11)15(13)18/h1-8,13,17H. The molecule has 0 spiro atoms. The van der Waals surface area contributed by atoms with Crippen LogP contribution in [-0.2, 0) is 0 Å². The van der Waals surface area contributed by atoms with E-state index in [9.17, 15) is 9.18 Å². The second kappa shape index (κ2) is 3.88. The van der Waals surface area contributed by atoms with Crippen LogP contribution in [0.15, 0.2) is 48.5 Å². The lowest BCUT2D eigenvalue weighted by Crippen LogP contribution is -2.12. The molecule has 1 aliphatic carbocycles. The van der Waals surface area contributed by atoms with Gasteiger partial charge < -0.3 is 5.41 Å². The van der Waals surface area contributed by atoms with Crippen LogP contribution in [0.25, 0.3) is 0 Å². The van der Waals surface area contributed by atoms with E-state index in [1.165, 1.54) is 12.1 Å². The molecule has 2 aromatic rings. The van der Waals surface area contributed by atoms with Gasteiger partial charge in [-0.3, -0.25) is 4.79 Å². The number of fused-ring (bicyclic) bond motifs is 1. The molecule has 88 valence electrons. The lowest BCUT2D eigenvalue weighted by atomic mass is 9.94. The number of hydrogen-bond donors (Lipinski definition) is 1. The van der Waals surface area contributed by atoms with Gasteiger partial charge in [-0.1, -0.05) is 36.4 Å². The number of ketones is 1. The topological polar surface area (TPSA) is 40.9 Å². The van der Waals surface area contributed by atoms with Crippen molar-refractivity contribution in [2.75, 3.05) is 0 Å². The van der Waals surface area contributed by atoms with E-state index in [2.05, 4.69) is 0 Å². The second-order valence-corrected chi connectivity index (χ2v) is 4.31. The minimum absolute atomic E-state index is 0.0813. The quantitative estimate of drug-likeness (QED) is 0.815. The molecule has 0 bridgehead atoms. The molecule has 0 saturated heterocycles. The van der Waals surface area contributed by atoms with Gasteiger partial charge in [0.1, 0.15) is 5.82 Å². The van der Waals surface area contributed by atoms with Crippen molar-refractivity contribution in [3.8, 4) is 0 Å². The highest BCUT2D eigenvalue weighted by Gasteiger charge is 2.36. The van der Waals surface area contributed by atoms with E-state index < -0.39 is 5.92 Å². The summed E-state index contributed by atoms with van der Waals surface area (Å²) in [6.45, 7) is 0. The van der Waals surface area contributed by atoms with Gasteiger partial charge in [-0.05, 0) is 17.7 Å². The van der Waals surface area contributed by atoms with Crippen LogP contribution in [0.4, 0.5) is 4.39 Å². The Morgan fingerprint density at radius 1 is 0.944 bits per heavy atom. The minimum Gasteiger partial charge on any atom is -0.304 e. The molecule has 0 amide bonds. The number of Topliss-reactive ketones (excluding diaryl/α,β-unsaturated/α-hetero) is 1. The molecule has 0 heterocycles. The number of carbonyl (C=O) groups is 1. The summed E-state index contributed by atoms with van der Waals surface area (Å²) in [4.78, 5) is 12.3. The second-order valence-electron chi connectivity index (χ2n) is 4.31. The maximum Gasteiger partial charge on any atom is 0.176 e. The van der Waals surface area contributed by atoms with E-state index in [4.69, 9.17) is 5.41 Å². The van der Waals surface area contributed by atoms with Crippen LogP contribution in [0, 0.1) is 11.2 Å². The SMILES string of the molecule is N=C1c2ccccc2C(=O)C1c1ccc(F)cc1. The summed E-state index contributed by atoms with van der Waals surface area (Å²) in [7, 11) is 0. The highest BCUT2D eigenvalue weighted by atomic mass is 19.1. The van der Waals surface area contributed by atoms with Crippen molar-refractivity contribution in [2.45, 2.75) is 5.92 Å². The third-order valence-electron chi connectivity index (χ3n) is 3.24. The lowest BCUT2D eigenvalue weighted by Gasteiger charge is -2.08. The van der Waals surface area contributed by atoms with Crippen molar-refractivity contribution >= 4 is 11.5 Å². The van der Waals surface area contributed by atoms with Crippen molar-refractivity contribution < 1.29 is 9.18 Å². The van der Waals surface area contributed by atoms with Gasteiger partial charge in [-0.2, -0.15) is 0 Å². The van der Waals surface area contributed by atoms with E-state index >= 15 is 0 Å². The van der Waals surface area contributed by atoms with Crippen LogP contribution in [0.3, 0.4) is 0 Å². The zero-order valence-electron chi connectivity index (χ0n) is 9.48. The third kappa shape index (κ3) is 1.48. The first-order valence-electron chi connectivity index (χ1n) is 5.66. The van der Waals surface area contributed by atoms with Crippen molar-refractivity contribution in [1.29, 1.82) is 5.41 Å². The van der Waals surface area contributed by atoms with Gasteiger partial charge in [0.05, 0.1) is 11.6 Å². The first-order valence-corrected chi connectivity index (χ1v) is 5.66. The van der Waals surface area contributed by atoms with E-state index in [1.807, 2.05) is 6.07 Å². The fourth-order valence-electron chi connectivity index (χ4n) is 2.35. The van der Waals surface area contributed by atoms with Gasteiger partial charge in [0.15, 0.2) is 5.78 Å². The summed E-state index contributed by atoms with van der Waals surface area (Å²) in [5, 5.41) is 8.09. The van der Waals surface area contributed by atoms with Crippen molar-refractivity contribution in [3.63, 3.8) is 0 Å². The summed E-state index contributed by atoms with van der Waals surface area (Å²) in [5.41, 5.74) is 2.22. The Bertz CT molecular complexity index is 611. The monoisotopic (exact) mass is 239 g/mol. The fraction of sp³-hybridized carbons (Fsp3) is 0.0667. The number of carbonyl (C=O) groups excluding carboxylic acids is 1. The summed E-state index contributed by atoms with van der Waals surface area (Å²) in [5.74, 6) is -1.02. The fourth-order valence-corrected chi connectivity index (χ4v) is 2.35. The average molecular weight is 239 g/mol. The first kappa shape index (κ1) is 10.8. The highest BCUT2D eigenvalue weighted by molar-refractivity contribution is 6.30. The smallest absolute Gasteiger partial charge is 0.176 e. The van der Waals surface area contributed by atoms with Gasteiger partial charge in [0.2, 0.25) is 0 Å². The number of nitrogens with one attached hydrogen (secondary N) is 1. The molecular weight excluding hydrogens is 229 g/mol. The van der Waals surface area contributed by atoms with Gasteiger partial charge in [0, 0.05) is 11.1 Å². The van der Waals surface area contributed by atoms with Crippen molar-refractivity contribution in [2.24, 2.45) is 0 Å². The first-order chi connectivity index (χ1) is 8.68. The summed E-state index contributed by atoms with van der Waals surface area (Å²) in [6.07, 6.45) is 0. The van der Waals surface area contributed by atoms with Gasteiger partial charge in [-0.25, -0.2) is 4.39 Å². The molecule has 1 aliphatic rings. The molecule has 0 fully saturated rings. The Morgan fingerprint density at radius 2 is 1.56 bits per heavy atom. The molecule has 0 saturated carbocycles. The summed E-state index contributed by atoms with van der Waals surface area (Å²) < 4.78 is 12.9. The van der Waals surface area contributed by atoms with E-state index in [-0.39, 0.29) is 11.6 Å². The molecule has 3 heteroatoms. The number of benzene rings is 2. The van der Waals surface area contributed by atoms with Gasteiger partial charge >= 0.3 is 0 Å². The molecule has 0 radical (unpaired) electrons. The Hall–Kier alpha value is -2.29. The van der Waals surface area contributed by atoms with E-state index in [0.717, 1.165) is 0 Å². The van der Waals surface area contributed by atoms with Crippen molar-refractivity contribution in [1.82, 2.24) is 0 Å². The average Bonchev–Trinajstić information content (AvgIpc) is 2.64. The van der Waals surface area contributed by atoms with Crippen LogP contribution in [0.5, 0.6) is 0 Å². The lowest BCUT2D eigenvalue weighted by molar-refractivity contribution is 0.0988. The van der Waals surface area contributed by atoms with Crippen molar-refractivity contribution in [3.05, 3.63) is 71.0 Å². The zero-order valence-corrected chi connectivity index (χ0v) is 9.48. The normalized spacial score (nSPS) is 17.9. The van der Waals surface area contributed by atoms with Crippen LogP contribution in [0.2, 0.25) is 0 Å². The molecular formula is C15H10FNO. The third-order valence-corrected chi connectivity index (χ3v) is 3.24. The molecule has 0 aromatic heterocycles. The van der Waals surface area contributed by atoms with E-state index in [1.54, 1.807) is 30.3 Å². The van der Waals surface area contributed by atoms with Crippen LogP contribution < -0.4 is 0 Å². The highest BCUT2D eigenvalue weighted by Crippen LogP contribution is 2.33. The Kier molecular flexibility index (Phi) is 2.33. The van der Waals surface area contributed by atoms with Crippen LogP contribution in [-0.4, -0.2) is 11.5 Å². The van der Waals surface area contributed by atoms with E-state index in [0.29, 0.717) is 22.4 Å². The molecule has 1 atom stereocenters. The Balaban J connectivity index is 2.09. The molecule has 3 rings (SSSR count). The predicted octanol–water partition coefficient (Wildman–Crippen LogP) is 3.17. The minimum atomic E-state index is -0.594. The number of halogens is 1. The molecule has 1 unspecified atom stereocenters. The Morgan fingerprint density at radius 3 is 2.17 bits per heavy atom. The van der Waals surface area contributed by atoms with Gasteiger partial charge in [0.25, 0.3) is 0 Å². The molecule has 1 N–H and O–H groups in total.